The lowest BCUT2D eigenvalue weighted by Gasteiger charge is -2.11. The highest BCUT2D eigenvalue weighted by Gasteiger charge is 2.09. The van der Waals surface area contributed by atoms with Gasteiger partial charge >= 0.3 is 0 Å². The van der Waals surface area contributed by atoms with Gasteiger partial charge in [0, 0.05) is 0 Å². The van der Waals surface area contributed by atoms with Crippen molar-refractivity contribution in [2.24, 2.45) is 0 Å². The summed E-state index contributed by atoms with van der Waals surface area (Å²) in [5, 5.41) is -0.559. The number of hydrogen-bond donors (Lipinski definition) is 1. The predicted molar refractivity (Wildman–Crippen MR) is 46.9 cm³/mol. The Bertz CT molecular complexity index is 265. The molecule has 0 radical (unpaired) electrons. The van der Waals surface area contributed by atoms with Crippen LogP contribution in [0.25, 0.3) is 0 Å². The second-order valence-electron chi connectivity index (χ2n) is 2.02. The molecule has 0 bridgehead atoms. The summed E-state index contributed by atoms with van der Waals surface area (Å²) in [6, 6.07) is 7.93. The molecule has 1 rings (SSSR count). The number of hydrogen-bond acceptors (Lipinski definition) is 1. The average Bonchev–Trinajstić information content (AvgIpc) is 2.17. The fourth-order valence-electron chi connectivity index (χ4n) is 0.713. The molecule has 0 saturated carbocycles. The van der Waals surface area contributed by atoms with E-state index in [1.54, 1.807) is 18.2 Å². The molecule has 0 amide bonds. The highest BCUT2D eigenvalue weighted by molar-refractivity contribution is 7.80. The van der Waals surface area contributed by atoms with E-state index in [1.807, 2.05) is 0 Å². The van der Waals surface area contributed by atoms with Crippen LogP contribution < -0.4 is 10.7 Å². The Balaban J connectivity index is 2.78. The van der Waals surface area contributed by atoms with Gasteiger partial charge in [-0.25, -0.2) is 0 Å². The molecule has 0 aliphatic carbocycles. The molecule has 0 aliphatic heterocycles. The molecule has 0 aromatic heterocycles. The fourth-order valence-corrected chi connectivity index (χ4v) is 0.819. The van der Waals surface area contributed by atoms with Gasteiger partial charge in [0.05, 0.1) is 5.69 Å². The van der Waals surface area contributed by atoms with E-state index < -0.39 is 5.11 Å². The van der Waals surface area contributed by atoms with E-state index in [-0.39, 0.29) is 10.8 Å². The molecular formula is C7H6F2N2S. The SMILES string of the molecule is FNC(=S)N(F)c1ccccc1. The summed E-state index contributed by atoms with van der Waals surface area (Å²) < 4.78 is 24.6. The zero-order valence-electron chi connectivity index (χ0n) is 6.00. The third-order valence-corrected chi connectivity index (χ3v) is 1.48. The van der Waals surface area contributed by atoms with Gasteiger partial charge in [-0.3, -0.25) is 0 Å². The van der Waals surface area contributed by atoms with Gasteiger partial charge in [0.2, 0.25) is 5.11 Å². The maximum Gasteiger partial charge on any atom is 0.231 e. The fraction of sp³-hybridized carbons (Fsp3) is 0. The third-order valence-electron chi connectivity index (χ3n) is 1.24. The van der Waals surface area contributed by atoms with Crippen LogP contribution in [0.3, 0.4) is 0 Å². The van der Waals surface area contributed by atoms with Crippen LogP contribution in [0, 0.1) is 0 Å². The number of thiocarbonyl (C=S) groups is 1. The van der Waals surface area contributed by atoms with Crippen LogP contribution in [0.5, 0.6) is 0 Å². The molecule has 64 valence electrons. The van der Waals surface area contributed by atoms with Crippen LogP contribution in [0.2, 0.25) is 0 Å². The molecule has 0 atom stereocenters. The van der Waals surface area contributed by atoms with Crippen molar-refractivity contribution in [3.63, 3.8) is 0 Å². The molecule has 0 fully saturated rings. The zero-order valence-corrected chi connectivity index (χ0v) is 6.81. The summed E-state index contributed by atoms with van der Waals surface area (Å²) in [5.41, 5.74) is 1.23. The lowest BCUT2D eigenvalue weighted by atomic mass is 10.3. The van der Waals surface area contributed by atoms with Crippen molar-refractivity contribution in [2.75, 3.05) is 5.12 Å². The highest BCUT2D eigenvalue weighted by atomic mass is 32.1. The minimum Gasteiger partial charge on any atom is -0.196 e. The Morgan fingerprint density at radius 3 is 2.42 bits per heavy atom. The van der Waals surface area contributed by atoms with Crippen LogP contribution in [0.1, 0.15) is 0 Å². The molecule has 0 saturated heterocycles. The maximum atomic E-state index is 12.9. The summed E-state index contributed by atoms with van der Waals surface area (Å²) in [6.45, 7) is 0. The van der Waals surface area contributed by atoms with Crippen molar-refractivity contribution in [3.05, 3.63) is 30.3 Å². The Morgan fingerprint density at radius 1 is 1.33 bits per heavy atom. The average molecular weight is 188 g/mol. The molecule has 1 aromatic carbocycles. The summed E-state index contributed by atoms with van der Waals surface area (Å²) in [5.74, 6) is 0. The van der Waals surface area contributed by atoms with Gasteiger partial charge in [-0.15, -0.1) is 4.48 Å². The number of nitrogens with one attached hydrogen (secondary N) is 1. The topological polar surface area (TPSA) is 15.3 Å². The van der Waals surface area contributed by atoms with E-state index >= 15 is 0 Å². The summed E-state index contributed by atoms with van der Waals surface area (Å²) in [4.78, 5) is 0. The summed E-state index contributed by atoms with van der Waals surface area (Å²) in [6.07, 6.45) is 0. The van der Waals surface area contributed by atoms with Gasteiger partial charge in [-0.2, -0.15) is 10.7 Å². The van der Waals surface area contributed by atoms with Crippen LogP contribution in [-0.4, -0.2) is 5.11 Å². The smallest absolute Gasteiger partial charge is 0.196 e. The Kier molecular flexibility index (Phi) is 2.93. The highest BCUT2D eigenvalue weighted by Crippen LogP contribution is 2.13. The van der Waals surface area contributed by atoms with Crippen LogP contribution in [-0.2, 0) is 0 Å². The van der Waals surface area contributed by atoms with Gasteiger partial charge in [0.1, 0.15) is 0 Å². The first-order valence-electron chi connectivity index (χ1n) is 3.17. The Hall–Kier alpha value is -1.23. The summed E-state index contributed by atoms with van der Waals surface area (Å²) >= 11 is 4.32. The first-order valence-corrected chi connectivity index (χ1v) is 3.58. The number of anilines is 1. The molecule has 5 heteroatoms. The molecule has 0 heterocycles. The molecule has 2 nitrogen and oxygen atoms in total. The zero-order chi connectivity index (χ0) is 8.97. The third kappa shape index (κ3) is 1.88. The molecule has 0 unspecified atom stereocenters. The van der Waals surface area contributed by atoms with Crippen LogP contribution >= 0.6 is 12.2 Å². The van der Waals surface area contributed by atoms with E-state index in [0.29, 0.717) is 0 Å². The number of benzene rings is 1. The van der Waals surface area contributed by atoms with Crippen molar-refractivity contribution in [1.82, 2.24) is 5.54 Å². The van der Waals surface area contributed by atoms with E-state index in [2.05, 4.69) is 12.2 Å². The largest absolute Gasteiger partial charge is 0.231 e. The lowest BCUT2D eigenvalue weighted by Crippen LogP contribution is -2.28. The first-order chi connectivity index (χ1) is 5.75. The van der Waals surface area contributed by atoms with Crippen LogP contribution in [0.4, 0.5) is 14.6 Å². The number of halogens is 2. The van der Waals surface area contributed by atoms with Gasteiger partial charge < -0.3 is 0 Å². The summed E-state index contributed by atoms with van der Waals surface area (Å²) in [7, 11) is 0. The van der Waals surface area contributed by atoms with Gasteiger partial charge in [0.15, 0.2) is 0 Å². The number of nitrogens with zero attached hydrogens (tertiary/aromatic N) is 1. The molecule has 0 spiro atoms. The van der Waals surface area contributed by atoms with E-state index in [0.717, 1.165) is 5.54 Å². The standard InChI is InChI=1S/C7H6F2N2S/c8-10-7(12)11(9)6-4-2-1-3-5-6/h1-5H,(H,10,12). The molecule has 1 N–H and O–H groups in total. The monoisotopic (exact) mass is 188 g/mol. The minimum absolute atomic E-state index is 0.0509. The number of rotatable bonds is 1. The van der Waals surface area contributed by atoms with E-state index in [1.165, 1.54) is 12.1 Å². The van der Waals surface area contributed by atoms with Gasteiger partial charge in [-0.05, 0) is 24.4 Å². The molecule has 0 aliphatic rings. The Labute approximate surface area is 73.7 Å². The predicted octanol–water partition coefficient (Wildman–Crippen LogP) is 2.14. The quantitative estimate of drug-likeness (QED) is 0.537. The van der Waals surface area contributed by atoms with Crippen molar-refractivity contribution < 1.29 is 8.96 Å². The number of para-hydroxylation sites is 1. The first kappa shape index (κ1) is 8.86. The Morgan fingerprint density at radius 2 is 1.92 bits per heavy atom. The van der Waals surface area contributed by atoms with Crippen LogP contribution in [0.15, 0.2) is 30.3 Å². The van der Waals surface area contributed by atoms with Crippen molar-refractivity contribution in [3.8, 4) is 0 Å². The van der Waals surface area contributed by atoms with Gasteiger partial charge in [0.25, 0.3) is 0 Å². The molecule has 12 heavy (non-hydrogen) atoms. The van der Waals surface area contributed by atoms with Crippen molar-refractivity contribution in [2.45, 2.75) is 0 Å². The maximum absolute atomic E-state index is 12.9. The van der Waals surface area contributed by atoms with Gasteiger partial charge in [-0.1, -0.05) is 22.7 Å². The lowest BCUT2D eigenvalue weighted by molar-refractivity contribution is 0.410. The van der Waals surface area contributed by atoms with Crippen molar-refractivity contribution in [1.29, 1.82) is 0 Å². The normalized spacial score (nSPS) is 9.17. The second-order valence-corrected chi connectivity index (χ2v) is 2.40. The van der Waals surface area contributed by atoms with E-state index in [9.17, 15) is 8.96 Å². The molecule has 1 aromatic rings. The minimum atomic E-state index is -0.610. The van der Waals surface area contributed by atoms with E-state index in [4.69, 9.17) is 0 Å². The molecular weight excluding hydrogens is 182 g/mol. The van der Waals surface area contributed by atoms with Crippen molar-refractivity contribution >= 4 is 23.0 Å². The second kappa shape index (κ2) is 3.96.